The second-order valence-electron chi connectivity index (χ2n) is 8.49. The number of aliphatic hydroxyl groups is 2. The maximum atomic E-state index is 12.3. The van der Waals surface area contributed by atoms with Crippen LogP contribution < -0.4 is 4.74 Å². The molecule has 2 rings (SSSR count). The number of unbranched alkanes of at least 4 members (excludes halogenated alkanes) is 2. The number of benzene rings is 1. The number of phenolic OH excluding ortho intramolecular Hbond substituents is 1. The summed E-state index contributed by atoms with van der Waals surface area (Å²) in [5, 5.41) is 29.8. The van der Waals surface area contributed by atoms with Crippen molar-refractivity contribution in [2.24, 2.45) is 5.92 Å². The first-order valence-electron chi connectivity index (χ1n) is 11.0. The topological polar surface area (TPSA) is 87.0 Å². The summed E-state index contributed by atoms with van der Waals surface area (Å²) in [6.45, 7) is 9.64. The minimum Gasteiger partial charge on any atom is -0.507 e. The molecule has 1 aliphatic rings. The standard InChI is InChI=1S/C25H36O5/c1-5-6-7-10-18-13-21(27)24(23(14-18)30-25(29)22(28)15-26)20-12-17(4)9-8-11-19(20)16(2)3/h12-14,19-20,22,26-28H,2,5-11,15H2,1,3-4H3/t19-,20-,22+/m1/s1. The van der Waals surface area contributed by atoms with Crippen LogP contribution in [0, 0.1) is 5.92 Å². The Bertz CT molecular complexity index is 780. The highest BCUT2D eigenvalue weighted by Crippen LogP contribution is 2.46. The summed E-state index contributed by atoms with van der Waals surface area (Å²) in [5.41, 5.74) is 3.67. The number of phenols is 1. The van der Waals surface area contributed by atoms with Gasteiger partial charge in [0.2, 0.25) is 0 Å². The van der Waals surface area contributed by atoms with E-state index in [0.717, 1.165) is 56.1 Å². The molecule has 5 nitrogen and oxygen atoms in total. The SMILES string of the molecule is C=C(C)[C@H]1CCCC(C)=C[C@H]1c1c(O)cc(CCCCC)cc1OC(=O)[C@@H](O)CO. The molecule has 0 unspecified atom stereocenters. The van der Waals surface area contributed by atoms with Crippen LogP contribution in [0.5, 0.6) is 11.5 Å². The fourth-order valence-corrected chi connectivity index (χ4v) is 4.19. The van der Waals surface area contributed by atoms with Gasteiger partial charge in [0.1, 0.15) is 11.5 Å². The molecule has 0 spiro atoms. The van der Waals surface area contributed by atoms with E-state index in [9.17, 15) is 15.0 Å². The number of carbonyl (C=O) groups is 1. The van der Waals surface area contributed by atoms with E-state index >= 15 is 0 Å². The third kappa shape index (κ3) is 6.19. The van der Waals surface area contributed by atoms with Crippen molar-refractivity contribution >= 4 is 5.97 Å². The number of ether oxygens (including phenoxy) is 1. The number of allylic oxidation sites excluding steroid dienone is 3. The molecule has 0 saturated heterocycles. The molecule has 1 aromatic carbocycles. The lowest BCUT2D eigenvalue weighted by Gasteiger charge is -2.27. The van der Waals surface area contributed by atoms with Crippen molar-refractivity contribution in [3.63, 3.8) is 0 Å². The van der Waals surface area contributed by atoms with E-state index in [1.807, 2.05) is 6.92 Å². The fourth-order valence-electron chi connectivity index (χ4n) is 4.19. The Hall–Kier alpha value is -2.11. The van der Waals surface area contributed by atoms with Gasteiger partial charge < -0.3 is 20.1 Å². The van der Waals surface area contributed by atoms with Gasteiger partial charge in [-0.3, -0.25) is 0 Å². The molecule has 0 heterocycles. The average molecular weight is 417 g/mol. The quantitative estimate of drug-likeness (QED) is 0.233. The molecule has 0 aromatic heterocycles. The van der Waals surface area contributed by atoms with Crippen molar-refractivity contribution in [3.05, 3.63) is 47.1 Å². The number of hydrogen-bond donors (Lipinski definition) is 3. The van der Waals surface area contributed by atoms with Gasteiger partial charge in [-0.05, 0) is 69.6 Å². The number of rotatable bonds is 9. The zero-order valence-electron chi connectivity index (χ0n) is 18.5. The van der Waals surface area contributed by atoms with Crippen LogP contribution in [-0.4, -0.2) is 34.0 Å². The van der Waals surface area contributed by atoms with Crippen LogP contribution in [-0.2, 0) is 11.2 Å². The van der Waals surface area contributed by atoms with Gasteiger partial charge in [0.15, 0.2) is 6.10 Å². The molecule has 0 fully saturated rings. The van der Waals surface area contributed by atoms with E-state index in [1.165, 1.54) is 5.57 Å². The largest absolute Gasteiger partial charge is 0.507 e. The molecule has 5 heteroatoms. The van der Waals surface area contributed by atoms with Crippen molar-refractivity contribution in [2.45, 2.75) is 77.7 Å². The summed E-state index contributed by atoms with van der Waals surface area (Å²) in [6, 6.07) is 3.55. The van der Waals surface area contributed by atoms with Gasteiger partial charge in [0, 0.05) is 11.5 Å². The molecule has 0 aliphatic heterocycles. The lowest BCUT2D eigenvalue weighted by atomic mass is 9.79. The van der Waals surface area contributed by atoms with Crippen molar-refractivity contribution in [2.75, 3.05) is 6.61 Å². The highest BCUT2D eigenvalue weighted by molar-refractivity contribution is 5.78. The summed E-state index contributed by atoms with van der Waals surface area (Å²) in [5.74, 6) is -0.651. The molecule has 1 aliphatic carbocycles. The number of hydrogen-bond acceptors (Lipinski definition) is 5. The number of carbonyl (C=O) groups excluding carboxylic acids is 1. The van der Waals surface area contributed by atoms with Gasteiger partial charge in [-0.2, -0.15) is 0 Å². The molecule has 3 atom stereocenters. The van der Waals surface area contributed by atoms with Crippen LogP contribution in [0.1, 0.15) is 76.3 Å². The van der Waals surface area contributed by atoms with Gasteiger partial charge in [0.25, 0.3) is 0 Å². The van der Waals surface area contributed by atoms with Crippen LogP contribution in [0.4, 0.5) is 0 Å². The molecule has 0 amide bonds. The van der Waals surface area contributed by atoms with Gasteiger partial charge in [-0.15, -0.1) is 0 Å². The molecule has 0 bridgehead atoms. The zero-order valence-corrected chi connectivity index (χ0v) is 18.5. The Kier molecular flexibility index (Phi) is 9.12. The van der Waals surface area contributed by atoms with E-state index in [0.29, 0.717) is 5.56 Å². The number of aromatic hydroxyl groups is 1. The van der Waals surface area contributed by atoms with E-state index in [2.05, 4.69) is 26.5 Å². The molecule has 1 aromatic rings. The Balaban J connectivity index is 2.55. The summed E-state index contributed by atoms with van der Waals surface area (Å²) in [6.07, 6.45) is 7.35. The van der Waals surface area contributed by atoms with Gasteiger partial charge in [-0.25, -0.2) is 4.79 Å². The average Bonchev–Trinajstić information content (AvgIpc) is 2.88. The third-order valence-electron chi connectivity index (χ3n) is 5.85. The minimum atomic E-state index is -1.62. The second-order valence-corrected chi connectivity index (χ2v) is 8.49. The maximum absolute atomic E-state index is 12.3. The van der Waals surface area contributed by atoms with E-state index in [4.69, 9.17) is 9.84 Å². The van der Waals surface area contributed by atoms with Crippen LogP contribution in [0.2, 0.25) is 0 Å². The molecular formula is C25H36O5. The smallest absolute Gasteiger partial charge is 0.342 e. The Morgan fingerprint density at radius 3 is 2.70 bits per heavy atom. The van der Waals surface area contributed by atoms with Crippen molar-refractivity contribution in [1.82, 2.24) is 0 Å². The summed E-state index contributed by atoms with van der Waals surface area (Å²) in [4.78, 5) is 12.3. The van der Waals surface area contributed by atoms with Crippen LogP contribution in [0.25, 0.3) is 0 Å². The highest BCUT2D eigenvalue weighted by atomic mass is 16.6. The molecule has 166 valence electrons. The third-order valence-corrected chi connectivity index (χ3v) is 5.85. The van der Waals surface area contributed by atoms with E-state index < -0.39 is 18.7 Å². The monoisotopic (exact) mass is 416 g/mol. The fraction of sp³-hybridized carbons (Fsp3) is 0.560. The van der Waals surface area contributed by atoms with Gasteiger partial charge in [-0.1, -0.05) is 43.6 Å². The lowest BCUT2D eigenvalue weighted by Crippen LogP contribution is -2.29. The van der Waals surface area contributed by atoms with Crippen molar-refractivity contribution < 1.29 is 24.9 Å². The first kappa shape index (κ1) is 24.2. The molecule has 0 saturated carbocycles. The predicted octanol–water partition coefficient (Wildman–Crippen LogP) is 4.79. The lowest BCUT2D eigenvalue weighted by molar-refractivity contribution is -0.145. The first-order chi connectivity index (χ1) is 14.3. The highest BCUT2D eigenvalue weighted by Gasteiger charge is 2.31. The number of aliphatic hydroxyl groups excluding tert-OH is 2. The van der Waals surface area contributed by atoms with Crippen LogP contribution in [0.15, 0.2) is 35.9 Å². The molecule has 3 N–H and O–H groups in total. The van der Waals surface area contributed by atoms with Gasteiger partial charge >= 0.3 is 5.97 Å². The molecule has 0 radical (unpaired) electrons. The van der Waals surface area contributed by atoms with Crippen LogP contribution >= 0.6 is 0 Å². The Morgan fingerprint density at radius 1 is 1.33 bits per heavy atom. The van der Waals surface area contributed by atoms with Crippen molar-refractivity contribution in [3.8, 4) is 11.5 Å². The molecular weight excluding hydrogens is 380 g/mol. The normalized spacial score (nSPS) is 20.2. The Labute approximate surface area is 180 Å². The number of aryl methyl sites for hydroxylation is 1. The van der Waals surface area contributed by atoms with Crippen molar-refractivity contribution in [1.29, 1.82) is 0 Å². The minimum absolute atomic E-state index is 0.0903. The first-order valence-corrected chi connectivity index (χ1v) is 11.0. The van der Waals surface area contributed by atoms with E-state index in [-0.39, 0.29) is 23.3 Å². The Morgan fingerprint density at radius 2 is 2.07 bits per heavy atom. The van der Waals surface area contributed by atoms with Crippen LogP contribution in [0.3, 0.4) is 0 Å². The second kappa shape index (κ2) is 11.3. The summed E-state index contributed by atoms with van der Waals surface area (Å²) < 4.78 is 5.52. The maximum Gasteiger partial charge on any atom is 0.342 e. The zero-order chi connectivity index (χ0) is 22.3. The van der Waals surface area contributed by atoms with Gasteiger partial charge in [0.05, 0.1) is 6.61 Å². The number of esters is 1. The van der Waals surface area contributed by atoms with E-state index in [1.54, 1.807) is 12.1 Å². The summed E-state index contributed by atoms with van der Waals surface area (Å²) in [7, 11) is 0. The predicted molar refractivity (Wildman–Crippen MR) is 119 cm³/mol. The molecule has 30 heavy (non-hydrogen) atoms. The summed E-state index contributed by atoms with van der Waals surface area (Å²) >= 11 is 0.